The van der Waals surface area contributed by atoms with Gasteiger partial charge in [-0.25, -0.2) is 0 Å². The second kappa shape index (κ2) is 6.02. The van der Waals surface area contributed by atoms with Crippen molar-refractivity contribution < 1.29 is 0 Å². The quantitative estimate of drug-likeness (QED) is 0.760. The van der Waals surface area contributed by atoms with Gasteiger partial charge in [0.25, 0.3) is 0 Å². The Kier molecular flexibility index (Phi) is 4.66. The zero-order valence-corrected chi connectivity index (χ0v) is 11.4. The average Bonchev–Trinajstić information content (AvgIpc) is 2.74. The maximum absolute atomic E-state index is 3.57. The van der Waals surface area contributed by atoms with E-state index in [1.165, 1.54) is 37.1 Å². The van der Waals surface area contributed by atoms with Gasteiger partial charge in [0.05, 0.1) is 0 Å². The van der Waals surface area contributed by atoms with Crippen LogP contribution in [0.4, 0.5) is 0 Å². The predicted octanol–water partition coefficient (Wildman–Crippen LogP) is 3.89. The summed E-state index contributed by atoms with van der Waals surface area (Å²) < 4.78 is 0. The van der Waals surface area contributed by atoms with E-state index in [-0.39, 0.29) is 0 Å². The van der Waals surface area contributed by atoms with E-state index >= 15 is 0 Å². The van der Waals surface area contributed by atoms with E-state index in [9.17, 15) is 0 Å². The third kappa shape index (κ3) is 3.30. The molecule has 84 valence electrons. The average molecular weight is 288 g/mol. The Labute approximate surface area is 105 Å². The number of halogens is 1. The van der Waals surface area contributed by atoms with Crippen molar-refractivity contribution in [1.82, 2.24) is 4.90 Å². The standard InChI is InChI=1S/C12H18BrNS/c13-7-6-11-4-1-2-8-14(11)10-12-5-3-9-15-12/h3,5,9,11H,1-2,4,6-8,10H2. The zero-order valence-electron chi connectivity index (χ0n) is 8.99. The molecule has 0 saturated carbocycles. The van der Waals surface area contributed by atoms with Crippen LogP contribution in [0.1, 0.15) is 30.6 Å². The number of rotatable bonds is 4. The highest BCUT2D eigenvalue weighted by Gasteiger charge is 2.21. The molecule has 1 aliphatic heterocycles. The first kappa shape index (κ1) is 11.6. The lowest BCUT2D eigenvalue weighted by Gasteiger charge is -2.35. The topological polar surface area (TPSA) is 3.24 Å². The molecular formula is C12H18BrNS. The summed E-state index contributed by atoms with van der Waals surface area (Å²) in [6.07, 6.45) is 5.48. The number of hydrogen-bond donors (Lipinski definition) is 0. The van der Waals surface area contributed by atoms with Gasteiger partial charge in [-0.3, -0.25) is 4.90 Å². The molecule has 0 bridgehead atoms. The van der Waals surface area contributed by atoms with Crippen LogP contribution < -0.4 is 0 Å². The fourth-order valence-electron chi connectivity index (χ4n) is 2.32. The van der Waals surface area contributed by atoms with Crippen LogP contribution in [0.2, 0.25) is 0 Å². The van der Waals surface area contributed by atoms with Crippen LogP contribution in [0, 0.1) is 0 Å². The van der Waals surface area contributed by atoms with Gasteiger partial charge >= 0.3 is 0 Å². The van der Waals surface area contributed by atoms with Crippen molar-refractivity contribution in [1.29, 1.82) is 0 Å². The molecule has 0 N–H and O–H groups in total. The van der Waals surface area contributed by atoms with E-state index in [0.717, 1.165) is 17.9 Å². The number of thiophene rings is 1. The Morgan fingerprint density at radius 3 is 3.13 bits per heavy atom. The Balaban J connectivity index is 1.92. The highest BCUT2D eigenvalue weighted by molar-refractivity contribution is 9.09. The summed E-state index contributed by atoms with van der Waals surface area (Å²) in [5, 5.41) is 3.32. The molecule has 0 amide bonds. The van der Waals surface area contributed by atoms with Gasteiger partial charge in [-0.05, 0) is 37.3 Å². The summed E-state index contributed by atoms with van der Waals surface area (Å²) in [4.78, 5) is 4.17. The minimum absolute atomic E-state index is 0.806. The molecule has 3 heteroatoms. The molecular weight excluding hydrogens is 270 g/mol. The van der Waals surface area contributed by atoms with Gasteiger partial charge in [0.1, 0.15) is 0 Å². The molecule has 1 fully saturated rings. The minimum atomic E-state index is 0.806. The largest absolute Gasteiger partial charge is 0.295 e. The smallest absolute Gasteiger partial charge is 0.0330 e. The molecule has 2 rings (SSSR count). The molecule has 1 aromatic rings. The normalized spacial score (nSPS) is 23.1. The first-order valence-corrected chi connectivity index (χ1v) is 7.72. The summed E-state index contributed by atoms with van der Waals surface area (Å²) in [5.41, 5.74) is 0. The highest BCUT2D eigenvalue weighted by Crippen LogP contribution is 2.23. The van der Waals surface area contributed by atoms with Gasteiger partial charge in [0, 0.05) is 22.8 Å². The van der Waals surface area contributed by atoms with Crippen molar-refractivity contribution >= 4 is 27.3 Å². The molecule has 0 aliphatic carbocycles. The summed E-state index contributed by atoms with van der Waals surface area (Å²) in [5.74, 6) is 0. The minimum Gasteiger partial charge on any atom is -0.295 e. The Morgan fingerprint density at radius 1 is 1.47 bits per heavy atom. The van der Waals surface area contributed by atoms with E-state index in [2.05, 4.69) is 38.3 Å². The molecule has 0 radical (unpaired) electrons. The maximum Gasteiger partial charge on any atom is 0.0330 e. The molecule has 0 aromatic carbocycles. The van der Waals surface area contributed by atoms with Crippen LogP contribution in [-0.4, -0.2) is 22.8 Å². The second-order valence-electron chi connectivity index (χ2n) is 4.18. The first-order chi connectivity index (χ1) is 7.40. The lowest BCUT2D eigenvalue weighted by Crippen LogP contribution is -2.38. The second-order valence-corrected chi connectivity index (χ2v) is 6.00. The molecule has 1 atom stereocenters. The van der Waals surface area contributed by atoms with Crippen molar-refractivity contribution in [2.24, 2.45) is 0 Å². The highest BCUT2D eigenvalue weighted by atomic mass is 79.9. The van der Waals surface area contributed by atoms with Crippen molar-refractivity contribution in [2.75, 3.05) is 11.9 Å². The molecule has 0 spiro atoms. The van der Waals surface area contributed by atoms with Crippen LogP contribution in [0.3, 0.4) is 0 Å². The molecule has 1 saturated heterocycles. The van der Waals surface area contributed by atoms with Crippen molar-refractivity contribution in [3.05, 3.63) is 22.4 Å². The van der Waals surface area contributed by atoms with E-state index in [0.29, 0.717) is 0 Å². The van der Waals surface area contributed by atoms with E-state index in [4.69, 9.17) is 0 Å². The van der Waals surface area contributed by atoms with Crippen molar-refractivity contribution in [3.8, 4) is 0 Å². The van der Waals surface area contributed by atoms with E-state index in [1.807, 2.05) is 11.3 Å². The molecule has 1 nitrogen and oxygen atoms in total. The number of alkyl halides is 1. The lowest BCUT2D eigenvalue weighted by atomic mass is 10.00. The molecule has 1 aliphatic rings. The Morgan fingerprint density at radius 2 is 2.40 bits per heavy atom. The van der Waals surface area contributed by atoms with Crippen LogP contribution in [0.15, 0.2) is 17.5 Å². The monoisotopic (exact) mass is 287 g/mol. The van der Waals surface area contributed by atoms with Gasteiger partial charge in [-0.15, -0.1) is 11.3 Å². The Bertz CT molecular complexity index is 271. The first-order valence-electron chi connectivity index (χ1n) is 5.72. The zero-order chi connectivity index (χ0) is 10.5. The van der Waals surface area contributed by atoms with Crippen LogP contribution >= 0.6 is 27.3 Å². The number of hydrogen-bond acceptors (Lipinski definition) is 2. The van der Waals surface area contributed by atoms with E-state index < -0.39 is 0 Å². The van der Waals surface area contributed by atoms with Crippen LogP contribution in [-0.2, 0) is 6.54 Å². The van der Waals surface area contributed by atoms with Crippen molar-refractivity contribution in [2.45, 2.75) is 38.3 Å². The molecule has 2 heterocycles. The van der Waals surface area contributed by atoms with Gasteiger partial charge in [-0.2, -0.15) is 0 Å². The van der Waals surface area contributed by atoms with E-state index in [1.54, 1.807) is 0 Å². The van der Waals surface area contributed by atoms with Gasteiger partial charge in [-0.1, -0.05) is 28.4 Å². The number of likely N-dealkylation sites (tertiary alicyclic amines) is 1. The third-order valence-corrected chi connectivity index (χ3v) is 4.45. The summed E-state index contributed by atoms with van der Waals surface area (Å²) in [6, 6.07) is 5.22. The molecule has 1 unspecified atom stereocenters. The van der Waals surface area contributed by atoms with Crippen molar-refractivity contribution in [3.63, 3.8) is 0 Å². The van der Waals surface area contributed by atoms with Crippen LogP contribution in [0.25, 0.3) is 0 Å². The summed E-state index contributed by atoms with van der Waals surface area (Å²) in [6.45, 7) is 2.45. The fraction of sp³-hybridized carbons (Fsp3) is 0.667. The van der Waals surface area contributed by atoms with Crippen LogP contribution in [0.5, 0.6) is 0 Å². The van der Waals surface area contributed by atoms with Gasteiger partial charge in [0.2, 0.25) is 0 Å². The maximum atomic E-state index is 3.57. The number of nitrogens with zero attached hydrogens (tertiary/aromatic N) is 1. The summed E-state index contributed by atoms with van der Waals surface area (Å²) in [7, 11) is 0. The lowest BCUT2D eigenvalue weighted by molar-refractivity contribution is 0.138. The fourth-order valence-corrected chi connectivity index (χ4v) is 3.58. The third-order valence-electron chi connectivity index (χ3n) is 3.13. The van der Waals surface area contributed by atoms with Gasteiger partial charge < -0.3 is 0 Å². The predicted molar refractivity (Wildman–Crippen MR) is 70.8 cm³/mol. The Hall–Kier alpha value is 0.140. The molecule has 1 aromatic heterocycles. The summed E-state index contributed by atoms with van der Waals surface area (Å²) >= 11 is 5.45. The molecule has 15 heavy (non-hydrogen) atoms. The SMILES string of the molecule is BrCCC1CCCCN1Cc1cccs1. The van der Waals surface area contributed by atoms with Gasteiger partial charge in [0.15, 0.2) is 0 Å². The number of piperidine rings is 1.